The van der Waals surface area contributed by atoms with E-state index < -0.39 is 0 Å². The van der Waals surface area contributed by atoms with Crippen LogP contribution >= 0.6 is 0 Å². The number of rotatable bonds is 6. The number of amides is 1. The highest BCUT2D eigenvalue weighted by Crippen LogP contribution is 2.23. The van der Waals surface area contributed by atoms with Gasteiger partial charge in [-0.2, -0.15) is 5.10 Å². The summed E-state index contributed by atoms with van der Waals surface area (Å²) in [6, 6.07) is 0. The number of aromatic nitrogens is 2. The number of nitrogens with zero attached hydrogens (tertiary/aromatic N) is 4. The van der Waals surface area contributed by atoms with Crippen molar-refractivity contribution in [3.63, 3.8) is 0 Å². The molecule has 1 amide bonds. The molecule has 0 N–H and O–H groups in total. The monoisotopic (exact) mass is 338 g/mol. The van der Waals surface area contributed by atoms with Crippen LogP contribution in [0.2, 0.25) is 0 Å². The molecular formula is C17H30N4O3. The van der Waals surface area contributed by atoms with Crippen molar-refractivity contribution in [2.24, 2.45) is 7.05 Å². The molecule has 0 unspecified atom stereocenters. The first-order valence-corrected chi connectivity index (χ1v) is 8.33. The lowest BCUT2D eigenvalue weighted by atomic mass is 10.0. The first-order valence-electron chi connectivity index (χ1n) is 8.33. The first-order chi connectivity index (χ1) is 11.2. The number of carbonyl (C=O) groups excluding carboxylic acids is 1. The van der Waals surface area contributed by atoms with Gasteiger partial charge < -0.3 is 14.4 Å². The van der Waals surface area contributed by atoms with E-state index in [-0.39, 0.29) is 24.2 Å². The van der Waals surface area contributed by atoms with Crippen LogP contribution in [0.1, 0.15) is 25.1 Å². The van der Waals surface area contributed by atoms with E-state index in [1.807, 2.05) is 17.9 Å². The Hall–Kier alpha value is -1.44. The summed E-state index contributed by atoms with van der Waals surface area (Å²) >= 11 is 0. The van der Waals surface area contributed by atoms with Gasteiger partial charge in [0, 0.05) is 52.0 Å². The molecular weight excluding hydrogens is 308 g/mol. The van der Waals surface area contributed by atoms with E-state index in [1.54, 1.807) is 14.1 Å². The lowest BCUT2D eigenvalue weighted by Gasteiger charge is -2.42. The van der Waals surface area contributed by atoms with Gasteiger partial charge in [0.15, 0.2) is 0 Å². The van der Waals surface area contributed by atoms with Crippen LogP contribution in [0, 0.1) is 6.92 Å². The third kappa shape index (κ3) is 5.03. The number of morpholine rings is 1. The number of aryl methyl sites for hydroxylation is 1. The van der Waals surface area contributed by atoms with Crippen LogP contribution in [-0.4, -0.2) is 77.6 Å². The standard InChI is InChI=1S/C17H30N4O3/c1-13-14(7-18-20(13)6)8-21-9-15(24-17(2,3)12-21)10-23-11-16(22)19(4)5/h7,15H,8-12H2,1-6H3/t15-/m0/s1. The zero-order valence-corrected chi connectivity index (χ0v) is 15.7. The van der Waals surface area contributed by atoms with Crippen LogP contribution in [-0.2, 0) is 27.9 Å². The number of hydrogen-bond donors (Lipinski definition) is 0. The normalized spacial score (nSPS) is 21.0. The second-order valence-corrected chi connectivity index (χ2v) is 7.35. The highest BCUT2D eigenvalue weighted by molar-refractivity contribution is 5.76. The fourth-order valence-electron chi connectivity index (χ4n) is 2.97. The van der Waals surface area contributed by atoms with E-state index in [1.165, 1.54) is 16.2 Å². The van der Waals surface area contributed by atoms with E-state index >= 15 is 0 Å². The fraction of sp³-hybridized carbons (Fsp3) is 0.765. The molecule has 1 aliphatic heterocycles. The smallest absolute Gasteiger partial charge is 0.248 e. The van der Waals surface area contributed by atoms with Gasteiger partial charge >= 0.3 is 0 Å². The predicted octanol–water partition coefficient (Wildman–Crippen LogP) is 0.813. The molecule has 2 rings (SSSR count). The SMILES string of the molecule is Cc1c(CN2C[C@@H](COCC(=O)N(C)C)OC(C)(C)C2)cnn1C. The molecule has 24 heavy (non-hydrogen) atoms. The molecule has 0 saturated carbocycles. The first kappa shape index (κ1) is 18.9. The summed E-state index contributed by atoms with van der Waals surface area (Å²) in [6.45, 7) is 9.27. The molecule has 1 aromatic heterocycles. The zero-order chi connectivity index (χ0) is 17.9. The largest absolute Gasteiger partial charge is 0.369 e. The van der Waals surface area contributed by atoms with Crippen molar-refractivity contribution in [1.29, 1.82) is 0 Å². The lowest BCUT2D eigenvalue weighted by Crippen LogP contribution is -2.53. The summed E-state index contributed by atoms with van der Waals surface area (Å²) in [5, 5.41) is 4.31. The lowest BCUT2D eigenvalue weighted by molar-refractivity contribution is -0.161. The second kappa shape index (κ2) is 7.63. The van der Waals surface area contributed by atoms with Crippen molar-refractivity contribution in [3.8, 4) is 0 Å². The van der Waals surface area contributed by atoms with Gasteiger partial charge in [-0.1, -0.05) is 0 Å². The summed E-state index contributed by atoms with van der Waals surface area (Å²) < 4.78 is 13.6. The summed E-state index contributed by atoms with van der Waals surface area (Å²) in [5.41, 5.74) is 2.18. The Kier molecular flexibility index (Phi) is 6.01. The van der Waals surface area contributed by atoms with Gasteiger partial charge in [0.2, 0.25) is 5.91 Å². The molecule has 1 aromatic rings. The molecule has 7 heteroatoms. The van der Waals surface area contributed by atoms with Crippen LogP contribution in [0.3, 0.4) is 0 Å². The minimum atomic E-state index is -0.242. The van der Waals surface area contributed by atoms with E-state index in [0.29, 0.717) is 6.61 Å². The molecule has 136 valence electrons. The van der Waals surface area contributed by atoms with Gasteiger partial charge in [0.05, 0.1) is 24.5 Å². The summed E-state index contributed by atoms with van der Waals surface area (Å²) in [5.74, 6) is -0.0343. The number of likely N-dealkylation sites (N-methyl/N-ethyl adjacent to an activating group) is 1. The Balaban J connectivity index is 1.91. The maximum atomic E-state index is 11.6. The minimum absolute atomic E-state index is 0.0343. The van der Waals surface area contributed by atoms with Gasteiger partial charge in [0.25, 0.3) is 0 Å². The van der Waals surface area contributed by atoms with Crippen molar-refractivity contribution in [1.82, 2.24) is 19.6 Å². The third-order valence-electron chi connectivity index (χ3n) is 4.31. The molecule has 0 aliphatic carbocycles. The number of hydrogen-bond acceptors (Lipinski definition) is 5. The topological polar surface area (TPSA) is 59.8 Å². The molecule has 7 nitrogen and oxygen atoms in total. The van der Waals surface area contributed by atoms with Gasteiger partial charge in [-0.3, -0.25) is 14.4 Å². The second-order valence-electron chi connectivity index (χ2n) is 7.35. The predicted molar refractivity (Wildman–Crippen MR) is 91.7 cm³/mol. The Morgan fingerprint density at radius 2 is 2.21 bits per heavy atom. The molecule has 0 spiro atoms. The van der Waals surface area contributed by atoms with Crippen LogP contribution in [0.4, 0.5) is 0 Å². The average Bonchev–Trinajstić information content (AvgIpc) is 2.77. The van der Waals surface area contributed by atoms with Gasteiger partial charge in [-0.05, 0) is 20.8 Å². The molecule has 1 aliphatic rings. The highest BCUT2D eigenvalue weighted by atomic mass is 16.5. The molecule has 2 heterocycles. The van der Waals surface area contributed by atoms with Crippen molar-refractivity contribution in [2.45, 2.75) is 39.0 Å². The van der Waals surface area contributed by atoms with E-state index in [2.05, 4.69) is 30.8 Å². The average molecular weight is 338 g/mol. The number of ether oxygens (including phenoxy) is 2. The zero-order valence-electron chi connectivity index (χ0n) is 15.7. The molecule has 1 fully saturated rings. The Morgan fingerprint density at radius 1 is 1.50 bits per heavy atom. The van der Waals surface area contributed by atoms with Gasteiger partial charge in [-0.25, -0.2) is 0 Å². The summed E-state index contributed by atoms with van der Waals surface area (Å²) in [7, 11) is 5.41. The fourth-order valence-corrected chi connectivity index (χ4v) is 2.97. The quantitative estimate of drug-likeness (QED) is 0.768. The van der Waals surface area contributed by atoms with Crippen molar-refractivity contribution in [2.75, 3.05) is 40.4 Å². The van der Waals surface area contributed by atoms with Crippen LogP contribution in [0.15, 0.2) is 6.20 Å². The van der Waals surface area contributed by atoms with Gasteiger partial charge in [-0.15, -0.1) is 0 Å². The third-order valence-corrected chi connectivity index (χ3v) is 4.31. The molecule has 1 atom stereocenters. The minimum Gasteiger partial charge on any atom is -0.369 e. The molecule has 0 radical (unpaired) electrons. The number of carbonyl (C=O) groups is 1. The summed E-state index contributed by atoms with van der Waals surface area (Å²) in [4.78, 5) is 15.5. The van der Waals surface area contributed by atoms with E-state index in [4.69, 9.17) is 9.47 Å². The maximum Gasteiger partial charge on any atom is 0.248 e. The van der Waals surface area contributed by atoms with Crippen molar-refractivity contribution in [3.05, 3.63) is 17.5 Å². The van der Waals surface area contributed by atoms with Crippen LogP contribution in [0.25, 0.3) is 0 Å². The Labute approximate surface area is 144 Å². The highest BCUT2D eigenvalue weighted by Gasteiger charge is 2.33. The van der Waals surface area contributed by atoms with Gasteiger partial charge in [0.1, 0.15) is 6.61 Å². The summed E-state index contributed by atoms with van der Waals surface area (Å²) in [6.07, 6.45) is 1.89. The van der Waals surface area contributed by atoms with Crippen LogP contribution in [0.5, 0.6) is 0 Å². The van der Waals surface area contributed by atoms with Crippen LogP contribution < -0.4 is 0 Å². The molecule has 0 aromatic carbocycles. The Bertz CT molecular complexity index is 568. The van der Waals surface area contributed by atoms with Crippen molar-refractivity contribution < 1.29 is 14.3 Å². The Morgan fingerprint density at radius 3 is 2.79 bits per heavy atom. The van der Waals surface area contributed by atoms with E-state index in [0.717, 1.165) is 19.6 Å². The molecule has 0 bridgehead atoms. The van der Waals surface area contributed by atoms with E-state index in [9.17, 15) is 4.79 Å². The maximum absolute atomic E-state index is 11.6. The molecule has 1 saturated heterocycles. The van der Waals surface area contributed by atoms with Crippen molar-refractivity contribution >= 4 is 5.91 Å².